The summed E-state index contributed by atoms with van der Waals surface area (Å²) in [6.45, 7) is 7.09. The quantitative estimate of drug-likeness (QED) is 0.442. The number of benzene rings is 2. The van der Waals surface area contributed by atoms with Crippen molar-refractivity contribution in [1.29, 1.82) is 0 Å². The summed E-state index contributed by atoms with van der Waals surface area (Å²) in [7, 11) is 1.59. The summed E-state index contributed by atoms with van der Waals surface area (Å²) in [4.78, 5) is 29.8. The van der Waals surface area contributed by atoms with Crippen molar-refractivity contribution in [2.45, 2.75) is 33.9 Å². The second-order valence-electron chi connectivity index (χ2n) is 8.68. The lowest BCUT2D eigenvalue weighted by atomic mass is 10.2. The minimum absolute atomic E-state index is 0.0350. The summed E-state index contributed by atoms with van der Waals surface area (Å²) in [6, 6.07) is 20.3. The van der Waals surface area contributed by atoms with Crippen LogP contribution in [0.15, 0.2) is 71.1 Å². The lowest BCUT2D eigenvalue weighted by Gasteiger charge is -2.28. The van der Waals surface area contributed by atoms with E-state index >= 15 is 0 Å². The Morgan fingerprint density at radius 2 is 1.65 bits per heavy atom. The number of hydrogen-bond donors (Lipinski definition) is 1. The second kappa shape index (κ2) is 11.9. The number of hydrogen-bond acceptors (Lipinski definition) is 4. The molecule has 3 amide bonds. The van der Waals surface area contributed by atoms with Crippen molar-refractivity contribution >= 4 is 17.6 Å². The number of rotatable bonds is 10. The zero-order valence-corrected chi connectivity index (χ0v) is 20.3. The zero-order valence-electron chi connectivity index (χ0n) is 20.3. The van der Waals surface area contributed by atoms with Gasteiger partial charge in [0.1, 0.15) is 23.8 Å². The van der Waals surface area contributed by atoms with Crippen molar-refractivity contribution in [3.05, 3.63) is 83.8 Å². The van der Waals surface area contributed by atoms with Gasteiger partial charge < -0.3 is 24.3 Å². The Hall–Kier alpha value is -3.74. The Morgan fingerprint density at radius 3 is 2.24 bits per heavy atom. The third kappa shape index (κ3) is 7.40. The smallest absolute Gasteiger partial charge is 0.322 e. The highest BCUT2D eigenvalue weighted by Gasteiger charge is 2.23. The van der Waals surface area contributed by atoms with Crippen molar-refractivity contribution in [3.63, 3.8) is 0 Å². The number of furan rings is 1. The maximum atomic E-state index is 13.4. The molecule has 1 N–H and O–H groups in total. The molecule has 0 atom stereocenters. The first-order valence-corrected chi connectivity index (χ1v) is 11.4. The largest absolute Gasteiger partial charge is 0.497 e. The van der Waals surface area contributed by atoms with Gasteiger partial charge >= 0.3 is 6.03 Å². The summed E-state index contributed by atoms with van der Waals surface area (Å²) in [5.74, 6) is 2.26. The van der Waals surface area contributed by atoms with Crippen LogP contribution in [-0.2, 0) is 17.9 Å². The third-order valence-electron chi connectivity index (χ3n) is 5.25. The van der Waals surface area contributed by atoms with Crippen molar-refractivity contribution in [2.75, 3.05) is 25.5 Å². The molecule has 7 heteroatoms. The summed E-state index contributed by atoms with van der Waals surface area (Å²) >= 11 is 0. The fourth-order valence-corrected chi connectivity index (χ4v) is 3.59. The molecule has 0 aliphatic carbocycles. The van der Waals surface area contributed by atoms with Gasteiger partial charge in [0.15, 0.2) is 0 Å². The minimum Gasteiger partial charge on any atom is -0.497 e. The van der Waals surface area contributed by atoms with Gasteiger partial charge in [-0.15, -0.1) is 0 Å². The van der Waals surface area contributed by atoms with Gasteiger partial charge in [-0.25, -0.2) is 4.79 Å². The molecule has 1 heterocycles. The molecule has 7 nitrogen and oxygen atoms in total. The number of methoxy groups -OCH3 is 1. The molecule has 0 bridgehead atoms. The first kappa shape index (κ1) is 24.9. The zero-order chi connectivity index (χ0) is 24.5. The average Bonchev–Trinajstić information content (AvgIpc) is 3.23. The van der Waals surface area contributed by atoms with E-state index in [4.69, 9.17) is 9.15 Å². The number of urea groups is 1. The average molecular weight is 464 g/mol. The molecule has 0 unspecified atom stereocenters. The van der Waals surface area contributed by atoms with Crippen LogP contribution in [0.5, 0.6) is 5.75 Å². The molecule has 0 spiro atoms. The van der Waals surface area contributed by atoms with Crippen LogP contribution in [0.4, 0.5) is 10.5 Å². The van der Waals surface area contributed by atoms with E-state index < -0.39 is 0 Å². The number of aryl methyl sites for hydroxylation is 1. The fourth-order valence-electron chi connectivity index (χ4n) is 3.59. The van der Waals surface area contributed by atoms with Gasteiger partial charge in [0.25, 0.3) is 0 Å². The molecule has 0 fully saturated rings. The van der Waals surface area contributed by atoms with E-state index in [2.05, 4.69) is 5.32 Å². The van der Waals surface area contributed by atoms with Gasteiger partial charge in [-0.3, -0.25) is 4.79 Å². The summed E-state index contributed by atoms with van der Waals surface area (Å²) < 4.78 is 10.9. The normalized spacial score (nSPS) is 10.7. The van der Waals surface area contributed by atoms with Crippen molar-refractivity contribution in [1.82, 2.24) is 9.80 Å². The first-order chi connectivity index (χ1) is 16.3. The summed E-state index contributed by atoms with van der Waals surface area (Å²) in [5, 5.41) is 2.89. The standard InChI is InChI=1S/C27H33N3O4/c1-20(2)16-30(27(32)28-23-11-14-24(33-4)15-12-23)19-26(31)29(17-22-8-6-5-7-9-22)18-25-13-10-21(3)34-25/h5-15,20H,16-19H2,1-4H3,(H,28,32). The van der Waals surface area contributed by atoms with Crippen LogP contribution in [0, 0.1) is 12.8 Å². The number of nitrogens with zero attached hydrogens (tertiary/aromatic N) is 2. The minimum atomic E-state index is -0.319. The highest BCUT2D eigenvalue weighted by Crippen LogP contribution is 2.17. The highest BCUT2D eigenvalue weighted by atomic mass is 16.5. The Balaban J connectivity index is 1.75. The molecule has 2 aromatic carbocycles. The number of ether oxygens (including phenoxy) is 1. The molecule has 0 saturated heterocycles. The molecule has 3 aromatic rings. The van der Waals surface area contributed by atoms with Gasteiger partial charge in [0.05, 0.1) is 13.7 Å². The SMILES string of the molecule is COc1ccc(NC(=O)N(CC(=O)N(Cc2ccccc2)Cc2ccc(C)o2)CC(C)C)cc1. The van der Waals surface area contributed by atoms with Crippen molar-refractivity contribution < 1.29 is 18.7 Å². The number of amides is 3. The van der Waals surface area contributed by atoms with E-state index in [1.165, 1.54) is 0 Å². The Morgan fingerprint density at radius 1 is 0.941 bits per heavy atom. The summed E-state index contributed by atoms with van der Waals surface area (Å²) in [5.41, 5.74) is 1.65. The van der Waals surface area contributed by atoms with Crippen LogP contribution in [0.2, 0.25) is 0 Å². The topological polar surface area (TPSA) is 75.0 Å². The lowest BCUT2D eigenvalue weighted by molar-refractivity contribution is -0.133. The molecule has 0 aliphatic heterocycles. The van der Waals surface area contributed by atoms with Crippen LogP contribution >= 0.6 is 0 Å². The lowest BCUT2D eigenvalue weighted by Crippen LogP contribution is -2.45. The van der Waals surface area contributed by atoms with E-state index in [-0.39, 0.29) is 24.4 Å². The second-order valence-corrected chi connectivity index (χ2v) is 8.68. The van der Waals surface area contributed by atoms with E-state index in [1.54, 1.807) is 41.2 Å². The van der Waals surface area contributed by atoms with Gasteiger partial charge in [-0.2, -0.15) is 0 Å². The number of carbonyl (C=O) groups excluding carboxylic acids is 2. The van der Waals surface area contributed by atoms with Crippen LogP contribution in [-0.4, -0.2) is 41.9 Å². The van der Waals surface area contributed by atoms with Crippen molar-refractivity contribution in [2.24, 2.45) is 5.92 Å². The molecule has 0 radical (unpaired) electrons. The Labute approximate surface area is 201 Å². The van der Waals surface area contributed by atoms with Crippen LogP contribution in [0.1, 0.15) is 30.9 Å². The third-order valence-corrected chi connectivity index (χ3v) is 5.25. The van der Waals surface area contributed by atoms with E-state index in [9.17, 15) is 9.59 Å². The number of carbonyl (C=O) groups is 2. The molecule has 180 valence electrons. The van der Waals surface area contributed by atoms with Gasteiger partial charge in [0, 0.05) is 18.8 Å². The molecular weight excluding hydrogens is 430 g/mol. The van der Waals surface area contributed by atoms with E-state index in [0.29, 0.717) is 36.8 Å². The van der Waals surface area contributed by atoms with Crippen LogP contribution in [0.25, 0.3) is 0 Å². The summed E-state index contributed by atoms with van der Waals surface area (Å²) in [6.07, 6.45) is 0. The molecule has 0 saturated carbocycles. The van der Waals surface area contributed by atoms with Crippen LogP contribution < -0.4 is 10.1 Å². The molecule has 34 heavy (non-hydrogen) atoms. The number of anilines is 1. The first-order valence-electron chi connectivity index (χ1n) is 11.4. The Kier molecular flexibility index (Phi) is 8.73. The highest BCUT2D eigenvalue weighted by molar-refractivity contribution is 5.92. The van der Waals surface area contributed by atoms with Gasteiger partial charge in [0.2, 0.25) is 5.91 Å². The number of nitrogens with one attached hydrogen (secondary N) is 1. The molecule has 1 aromatic heterocycles. The monoisotopic (exact) mass is 463 g/mol. The predicted octanol–water partition coefficient (Wildman–Crippen LogP) is 5.32. The maximum Gasteiger partial charge on any atom is 0.322 e. The van der Waals surface area contributed by atoms with Crippen LogP contribution in [0.3, 0.4) is 0 Å². The van der Waals surface area contributed by atoms with E-state index in [0.717, 1.165) is 11.3 Å². The van der Waals surface area contributed by atoms with Crippen molar-refractivity contribution in [3.8, 4) is 5.75 Å². The molecule has 0 aliphatic rings. The Bertz CT molecular complexity index is 1060. The maximum absolute atomic E-state index is 13.4. The van der Waals surface area contributed by atoms with Gasteiger partial charge in [-0.05, 0) is 54.8 Å². The predicted molar refractivity (Wildman–Crippen MR) is 133 cm³/mol. The van der Waals surface area contributed by atoms with Gasteiger partial charge in [-0.1, -0.05) is 44.2 Å². The van der Waals surface area contributed by atoms with E-state index in [1.807, 2.05) is 63.2 Å². The molecular formula is C27H33N3O4. The molecule has 3 rings (SSSR count). The fraction of sp³-hybridized carbons (Fsp3) is 0.333.